The summed E-state index contributed by atoms with van der Waals surface area (Å²) >= 11 is 0. The van der Waals surface area contributed by atoms with Crippen LogP contribution in [0.1, 0.15) is 39.0 Å². The van der Waals surface area contributed by atoms with Gasteiger partial charge in [-0.05, 0) is 45.2 Å². The van der Waals surface area contributed by atoms with Gasteiger partial charge in [-0.1, -0.05) is 6.92 Å². The predicted molar refractivity (Wildman–Crippen MR) is 100 cm³/mol. The van der Waals surface area contributed by atoms with Crippen molar-refractivity contribution in [2.75, 3.05) is 45.1 Å². The van der Waals surface area contributed by atoms with Gasteiger partial charge in [-0.25, -0.2) is 13.1 Å². The monoisotopic (exact) mass is 375 g/mol. The van der Waals surface area contributed by atoms with Gasteiger partial charge >= 0.3 is 0 Å². The molecule has 2 heterocycles. The van der Waals surface area contributed by atoms with E-state index in [9.17, 15) is 8.42 Å². The third kappa shape index (κ3) is 7.47. The average Bonchev–Trinajstić information content (AvgIpc) is 3.07. The Hall–Kier alpha value is -0.900. The number of ether oxygens (including phenoxy) is 1. The molecule has 2 saturated heterocycles. The van der Waals surface area contributed by atoms with E-state index >= 15 is 0 Å². The quantitative estimate of drug-likeness (QED) is 0.382. The number of rotatable bonds is 9. The second-order valence-corrected chi connectivity index (χ2v) is 8.66. The maximum Gasteiger partial charge on any atom is 0.213 e. The van der Waals surface area contributed by atoms with Gasteiger partial charge in [-0.2, -0.15) is 0 Å². The van der Waals surface area contributed by atoms with E-state index in [0.717, 1.165) is 45.4 Å². The molecule has 0 spiro atoms. The lowest BCUT2D eigenvalue weighted by atomic mass is 10.1. The van der Waals surface area contributed by atoms with E-state index in [0.29, 0.717) is 25.1 Å². The Labute approximate surface area is 151 Å². The molecule has 0 bridgehead atoms. The lowest BCUT2D eigenvalue weighted by Crippen LogP contribution is -2.41. The zero-order valence-corrected chi connectivity index (χ0v) is 16.1. The number of likely N-dealkylation sites (tertiary alicyclic amines) is 1. The summed E-state index contributed by atoms with van der Waals surface area (Å²) in [5.41, 5.74) is 5.84. The Bertz CT molecular complexity index is 520. The highest BCUT2D eigenvalue weighted by molar-refractivity contribution is 7.89. The van der Waals surface area contributed by atoms with Crippen molar-refractivity contribution < 1.29 is 13.2 Å². The summed E-state index contributed by atoms with van der Waals surface area (Å²) in [6.07, 6.45) is 5.41. The van der Waals surface area contributed by atoms with Crippen molar-refractivity contribution in [3.05, 3.63) is 0 Å². The second-order valence-electron chi connectivity index (χ2n) is 6.73. The summed E-state index contributed by atoms with van der Waals surface area (Å²) in [6.45, 7) is 6.29. The molecule has 2 atom stereocenters. The smallest absolute Gasteiger partial charge is 0.213 e. The number of hydrogen-bond donors (Lipinski definition) is 3. The average molecular weight is 376 g/mol. The van der Waals surface area contributed by atoms with Crippen LogP contribution in [0.5, 0.6) is 0 Å². The van der Waals surface area contributed by atoms with Crippen LogP contribution in [0.15, 0.2) is 4.99 Å². The van der Waals surface area contributed by atoms with Gasteiger partial charge in [0, 0.05) is 25.7 Å². The molecule has 0 aliphatic carbocycles. The predicted octanol–water partition coefficient (Wildman–Crippen LogP) is -0.136. The standard InChI is InChI=1S/C16H33N5O3S/c1-2-21-9-5-6-14(21)12-19-16(17)18-8-11-25(22,23)20-13-15-7-3-4-10-24-15/h14-15,20H,2-13H2,1H3,(H3,17,18,19). The fourth-order valence-corrected chi connectivity index (χ4v) is 4.31. The number of hydrogen-bond acceptors (Lipinski definition) is 5. The molecule has 2 aliphatic heterocycles. The lowest BCUT2D eigenvalue weighted by molar-refractivity contribution is 0.0200. The normalized spacial score (nSPS) is 26.0. The first kappa shape index (κ1) is 20.4. The van der Waals surface area contributed by atoms with Gasteiger partial charge in [0.1, 0.15) is 0 Å². The Morgan fingerprint density at radius 1 is 1.32 bits per heavy atom. The molecule has 0 saturated carbocycles. The molecular formula is C16H33N5O3S. The molecule has 9 heteroatoms. The molecular weight excluding hydrogens is 342 g/mol. The number of sulfonamides is 1. The minimum atomic E-state index is -3.33. The molecule has 2 unspecified atom stereocenters. The fourth-order valence-electron chi connectivity index (χ4n) is 3.35. The van der Waals surface area contributed by atoms with Crippen molar-refractivity contribution >= 4 is 16.0 Å². The largest absolute Gasteiger partial charge is 0.377 e. The van der Waals surface area contributed by atoms with Gasteiger partial charge in [0.05, 0.1) is 18.4 Å². The van der Waals surface area contributed by atoms with Crippen molar-refractivity contribution in [3.63, 3.8) is 0 Å². The van der Waals surface area contributed by atoms with E-state index in [1.54, 1.807) is 0 Å². The van der Waals surface area contributed by atoms with Crippen molar-refractivity contribution in [2.24, 2.45) is 10.7 Å². The first-order chi connectivity index (χ1) is 12.0. The van der Waals surface area contributed by atoms with Gasteiger partial charge in [-0.15, -0.1) is 0 Å². The molecule has 2 rings (SSSR count). The highest BCUT2D eigenvalue weighted by Gasteiger charge is 2.22. The van der Waals surface area contributed by atoms with Gasteiger partial charge in [0.2, 0.25) is 10.0 Å². The summed E-state index contributed by atoms with van der Waals surface area (Å²) in [4.78, 5) is 6.75. The fraction of sp³-hybridized carbons (Fsp3) is 0.938. The Balaban J connectivity index is 1.63. The molecule has 146 valence electrons. The van der Waals surface area contributed by atoms with E-state index in [4.69, 9.17) is 10.5 Å². The number of nitrogens with two attached hydrogens (primary N) is 1. The summed E-state index contributed by atoms with van der Waals surface area (Å²) in [5, 5.41) is 2.89. The molecule has 0 aromatic carbocycles. The molecule has 2 aliphatic rings. The summed E-state index contributed by atoms with van der Waals surface area (Å²) in [6, 6.07) is 0.450. The molecule has 0 aromatic heterocycles. The van der Waals surface area contributed by atoms with E-state index < -0.39 is 10.0 Å². The second kappa shape index (κ2) is 10.3. The van der Waals surface area contributed by atoms with Gasteiger partial charge in [0.25, 0.3) is 0 Å². The molecule has 0 amide bonds. The zero-order chi connectivity index (χ0) is 18.1. The summed E-state index contributed by atoms with van der Waals surface area (Å²) in [5.74, 6) is 0.286. The maximum absolute atomic E-state index is 12.0. The minimum Gasteiger partial charge on any atom is -0.377 e. The van der Waals surface area contributed by atoms with E-state index in [1.165, 1.54) is 6.42 Å². The number of guanidine groups is 1. The zero-order valence-electron chi connectivity index (χ0n) is 15.2. The number of nitrogens with zero attached hydrogens (tertiary/aromatic N) is 2. The van der Waals surface area contributed by atoms with Crippen LogP contribution in [-0.2, 0) is 14.8 Å². The Kier molecular flexibility index (Phi) is 8.41. The van der Waals surface area contributed by atoms with E-state index in [1.807, 2.05) is 0 Å². The third-order valence-electron chi connectivity index (χ3n) is 4.86. The van der Waals surface area contributed by atoms with E-state index in [2.05, 4.69) is 26.9 Å². The lowest BCUT2D eigenvalue weighted by Gasteiger charge is -2.22. The van der Waals surface area contributed by atoms with Crippen molar-refractivity contribution in [2.45, 2.75) is 51.2 Å². The molecule has 4 N–H and O–H groups in total. The highest BCUT2D eigenvalue weighted by atomic mass is 32.2. The first-order valence-electron chi connectivity index (χ1n) is 9.37. The molecule has 25 heavy (non-hydrogen) atoms. The summed E-state index contributed by atoms with van der Waals surface area (Å²) in [7, 11) is -3.33. The van der Waals surface area contributed by atoms with Crippen LogP contribution in [-0.4, -0.2) is 76.5 Å². The highest BCUT2D eigenvalue weighted by Crippen LogP contribution is 2.16. The van der Waals surface area contributed by atoms with Crippen LogP contribution in [0.4, 0.5) is 0 Å². The van der Waals surface area contributed by atoms with Crippen LogP contribution < -0.4 is 15.8 Å². The van der Waals surface area contributed by atoms with Gasteiger partial charge in [-0.3, -0.25) is 9.89 Å². The third-order valence-corrected chi connectivity index (χ3v) is 6.21. The van der Waals surface area contributed by atoms with Crippen LogP contribution in [0.3, 0.4) is 0 Å². The molecule has 2 fully saturated rings. The first-order valence-corrected chi connectivity index (χ1v) is 11.0. The SMILES string of the molecule is CCN1CCCC1CN=C(N)NCCS(=O)(=O)NCC1CCCCO1. The maximum atomic E-state index is 12.0. The Morgan fingerprint density at radius 3 is 2.88 bits per heavy atom. The topological polar surface area (TPSA) is 109 Å². The van der Waals surface area contributed by atoms with Gasteiger partial charge in [0.15, 0.2) is 5.96 Å². The van der Waals surface area contributed by atoms with Crippen LogP contribution in [0.2, 0.25) is 0 Å². The molecule has 0 radical (unpaired) electrons. The van der Waals surface area contributed by atoms with E-state index in [-0.39, 0.29) is 18.4 Å². The van der Waals surface area contributed by atoms with Crippen molar-refractivity contribution in [3.8, 4) is 0 Å². The molecule has 8 nitrogen and oxygen atoms in total. The summed E-state index contributed by atoms with van der Waals surface area (Å²) < 4.78 is 32.2. The number of aliphatic imine (C=N–C) groups is 1. The van der Waals surface area contributed by atoms with Crippen molar-refractivity contribution in [1.82, 2.24) is 14.9 Å². The number of likely N-dealkylation sites (N-methyl/N-ethyl adjacent to an activating group) is 1. The van der Waals surface area contributed by atoms with Crippen LogP contribution in [0, 0.1) is 0 Å². The van der Waals surface area contributed by atoms with Gasteiger partial charge < -0.3 is 15.8 Å². The molecule has 0 aromatic rings. The van der Waals surface area contributed by atoms with Crippen LogP contribution >= 0.6 is 0 Å². The Morgan fingerprint density at radius 2 is 2.16 bits per heavy atom. The minimum absolute atomic E-state index is 0.00367. The van der Waals surface area contributed by atoms with Crippen molar-refractivity contribution in [1.29, 1.82) is 0 Å². The number of nitrogens with one attached hydrogen (secondary N) is 2. The van der Waals surface area contributed by atoms with Crippen LogP contribution in [0.25, 0.3) is 0 Å².